The van der Waals surface area contributed by atoms with Crippen LogP contribution in [0.15, 0.2) is 0 Å². The summed E-state index contributed by atoms with van der Waals surface area (Å²) in [5.74, 6) is 0. The molecule has 0 spiro atoms. The zero-order chi connectivity index (χ0) is 7.11. The summed E-state index contributed by atoms with van der Waals surface area (Å²) in [6.45, 7) is 5.53. The van der Waals surface area contributed by atoms with Crippen molar-refractivity contribution in [1.29, 1.82) is 0 Å². The van der Waals surface area contributed by atoms with Gasteiger partial charge in [-0.15, -0.1) is 0 Å². The van der Waals surface area contributed by atoms with Crippen molar-refractivity contribution < 1.29 is 0 Å². The van der Waals surface area contributed by atoms with Crippen molar-refractivity contribution in [1.82, 2.24) is 0 Å². The van der Waals surface area contributed by atoms with E-state index in [4.69, 9.17) is 5.73 Å². The topological polar surface area (TPSA) is 26.0 Å². The molecule has 0 unspecified atom stereocenters. The van der Waals surface area contributed by atoms with Gasteiger partial charge in [0.2, 0.25) is 0 Å². The Morgan fingerprint density at radius 2 is 1.78 bits per heavy atom. The van der Waals surface area contributed by atoms with E-state index in [-0.39, 0.29) is 14.7 Å². The Balaban J connectivity index is 3.09. The van der Waals surface area contributed by atoms with Crippen LogP contribution in [0, 0.1) is 0 Å². The second-order valence-corrected chi connectivity index (χ2v) is 8.58. The van der Waals surface area contributed by atoms with Crippen molar-refractivity contribution in [3.8, 4) is 0 Å². The Morgan fingerprint density at radius 1 is 1.22 bits per heavy atom. The third kappa shape index (κ3) is 4.99. The van der Waals surface area contributed by atoms with E-state index in [0.29, 0.717) is 0 Å². The Hall–Kier alpha value is 0.518. The van der Waals surface area contributed by atoms with Gasteiger partial charge in [-0.2, -0.15) is 0 Å². The Morgan fingerprint density at radius 3 is 2.11 bits per heavy atom. The fourth-order valence-corrected chi connectivity index (χ4v) is 4.44. The summed E-state index contributed by atoms with van der Waals surface area (Å²) in [5, 5.41) is 4.39. The molecule has 0 aliphatic rings. The maximum atomic E-state index is 5.41. The van der Waals surface area contributed by atoms with Crippen LogP contribution in [0.3, 0.4) is 0 Å². The van der Waals surface area contributed by atoms with Crippen LogP contribution in [0.5, 0.6) is 0 Å². The molecule has 0 saturated heterocycles. The van der Waals surface area contributed by atoms with E-state index in [1.165, 1.54) is 22.0 Å². The standard InChI is InChI=1S/C7H18AsN/c1-3-8(4-2)6-5-7-9/h3-7,9H2,1-2H3. The van der Waals surface area contributed by atoms with Gasteiger partial charge in [0.25, 0.3) is 0 Å². The summed E-state index contributed by atoms with van der Waals surface area (Å²) in [4.78, 5) is 0. The number of nitrogens with two attached hydrogens (primary N) is 1. The summed E-state index contributed by atoms with van der Waals surface area (Å²) < 4.78 is 0. The van der Waals surface area contributed by atoms with Gasteiger partial charge in [0.15, 0.2) is 0 Å². The molecule has 0 aliphatic heterocycles. The van der Waals surface area contributed by atoms with Gasteiger partial charge in [-0.05, 0) is 0 Å². The monoisotopic (exact) mass is 191 g/mol. The molecule has 9 heavy (non-hydrogen) atoms. The molecule has 0 aromatic heterocycles. The molecule has 2 N–H and O–H groups in total. The van der Waals surface area contributed by atoms with Crippen LogP contribution >= 0.6 is 0 Å². The molecule has 0 saturated carbocycles. The molecule has 0 amide bonds. The van der Waals surface area contributed by atoms with Crippen LogP contribution in [0.1, 0.15) is 20.3 Å². The minimum absolute atomic E-state index is 0.350. The minimum atomic E-state index is -0.350. The van der Waals surface area contributed by atoms with E-state index < -0.39 is 0 Å². The zero-order valence-corrected chi connectivity index (χ0v) is 8.44. The molecular weight excluding hydrogens is 173 g/mol. The van der Waals surface area contributed by atoms with Crippen molar-refractivity contribution >= 4 is 14.7 Å². The molecule has 0 rings (SSSR count). The van der Waals surface area contributed by atoms with Gasteiger partial charge in [-0.3, -0.25) is 0 Å². The Labute approximate surface area is 63.3 Å². The fraction of sp³-hybridized carbons (Fsp3) is 1.00. The van der Waals surface area contributed by atoms with Crippen LogP contribution in [0.25, 0.3) is 0 Å². The summed E-state index contributed by atoms with van der Waals surface area (Å²) >= 11 is -0.350. The van der Waals surface area contributed by atoms with E-state index in [9.17, 15) is 0 Å². The molecule has 1 nitrogen and oxygen atoms in total. The predicted molar refractivity (Wildman–Crippen MR) is 45.2 cm³/mol. The first-order valence-corrected chi connectivity index (χ1v) is 7.75. The van der Waals surface area contributed by atoms with Gasteiger partial charge >= 0.3 is 62.8 Å². The normalized spacial score (nSPS) is 10.7. The quantitative estimate of drug-likeness (QED) is 0.659. The molecule has 0 aromatic carbocycles. The van der Waals surface area contributed by atoms with E-state index in [0.717, 1.165) is 6.54 Å². The molecule has 0 heterocycles. The number of rotatable bonds is 5. The van der Waals surface area contributed by atoms with Crippen molar-refractivity contribution in [2.45, 2.75) is 35.9 Å². The molecular formula is C7H18AsN. The SMILES string of the molecule is CC[As](CC)CCCN. The zero-order valence-electron chi connectivity index (χ0n) is 6.56. The van der Waals surface area contributed by atoms with Crippen LogP contribution in [0.4, 0.5) is 0 Å². The maximum absolute atomic E-state index is 5.41. The van der Waals surface area contributed by atoms with E-state index >= 15 is 0 Å². The van der Waals surface area contributed by atoms with E-state index in [2.05, 4.69) is 13.8 Å². The van der Waals surface area contributed by atoms with Crippen molar-refractivity contribution in [3.05, 3.63) is 0 Å². The molecule has 0 fully saturated rings. The summed E-state index contributed by atoms with van der Waals surface area (Å²) in [5.41, 5.74) is 5.41. The van der Waals surface area contributed by atoms with Crippen LogP contribution in [-0.4, -0.2) is 21.2 Å². The fourth-order valence-electron chi connectivity index (χ4n) is 0.855. The second kappa shape index (κ2) is 6.64. The average Bonchev–Trinajstić information content (AvgIpc) is 1.91. The molecule has 2 heteroatoms. The van der Waals surface area contributed by atoms with Gasteiger partial charge in [0.1, 0.15) is 0 Å². The van der Waals surface area contributed by atoms with Gasteiger partial charge in [-0.25, -0.2) is 0 Å². The van der Waals surface area contributed by atoms with Crippen LogP contribution in [-0.2, 0) is 0 Å². The van der Waals surface area contributed by atoms with Crippen LogP contribution < -0.4 is 5.73 Å². The third-order valence-corrected chi connectivity index (χ3v) is 7.32. The molecule has 0 bridgehead atoms. The summed E-state index contributed by atoms with van der Waals surface area (Å²) in [7, 11) is 0. The van der Waals surface area contributed by atoms with Crippen molar-refractivity contribution in [3.63, 3.8) is 0 Å². The molecule has 0 aliphatic carbocycles. The third-order valence-electron chi connectivity index (χ3n) is 1.57. The van der Waals surface area contributed by atoms with Gasteiger partial charge in [0.05, 0.1) is 0 Å². The van der Waals surface area contributed by atoms with E-state index in [1.54, 1.807) is 0 Å². The van der Waals surface area contributed by atoms with Crippen LogP contribution in [0.2, 0.25) is 15.6 Å². The molecule has 0 radical (unpaired) electrons. The summed E-state index contributed by atoms with van der Waals surface area (Å²) in [6, 6.07) is 0. The van der Waals surface area contributed by atoms with Gasteiger partial charge < -0.3 is 0 Å². The van der Waals surface area contributed by atoms with Gasteiger partial charge in [0, 0.05) is 0 Å². The van der Waals surface area contributed by atoms with E-state index in [1.807, 2.05) is 0 Å². The Bertz CT molecular complexity index is 52.9. The Kier molecular flexibility index (Phi) is 7.02. The molecule has 56 valence electrons. The van der Waals surface area contributed by atoms with Gasteiger partial charge in [-0.1, -0.05) is 0 Å². The predicted octanol–water partition coefficient (Wildman–Crippen LogP) is 1.87. The second-order valence-electron chi connectivity index (χ2n) is 2.17. The average molecular weight is 191 g/mol. The van der Waals surface area contributed by atoms with Crippen molar-refractivity contribution in [2.75, 3.05) is 6.54 Å². The molecule has 0 aromatic rings. The number of hydrogen-bond acceptors (Lipinski definition) is 1. The first kappa shape index (κ1) is 9.52. The first-order chi connectivity index (χ1) is 4.35. The first-order valence-electron chi connectivity index (χ1n) is 3.77. The molecule has 0 atom stereocenters. The van der Waals surface area contributed by atoms with Crippen molar-refractivity contribution in [2.24, 2.45) is 5.73 Å². The number of hydrogen-bond donors (Lipinski definition) is 1. The summed E-state index contributed by atoms with van der Waals surface area (Å²) in [6.07, 6.45) is 1.27.